The average Bonchev–Trinajstić information content (AvgIpc) is 2.91. The van der Waals surface area contributed by atoms with Crippen LogP contribution in [0.15, 0.2) is 103 Å². The van der Waals surface area contributed by atoms with E-state index >= 15 is 0 Å². The van der Waals surface area contributed by atoms with Gasteiger partial charge < -0.3 is 18.9 Å². The van der Waals surface area contributed by atoms with Crippen molar-refractivity contribution in [2.45, 2.75) is 0 Å². The first-order valence-electron chi connectivity index (χ1n) is 11.5. The number of halogens is 1. The molecule has 0 radical (unpaired) electrons. The largest absolute Gasteiger partial charge is 0.481 e. The Hall–Kier alpha value is -4.11. The smallest absolute Gasteiger partial charge is 0.349 e. The van der Waals surface area contributed by atoms with Gasteiger partial charge >= 0.3 is 11.9 Å². The maximum absolute atomic E-state index is 12.5. The number of esters is 2. The number of carbonyl (C=O) groups excluding carboxylic acids is 2. The highest BCUT2D eigenvalue weighted by Crippen LogP contribution is 2.43. The van der Waals surface area contributed by atoms with E-state index < -0.39 is 11.9 Å². The number of para-hydroxylation sites is 2. The minimum Gasteiger partial charge on any atom is -0.481 e. The molecule has 0 amide bonds. The van der Waals surface area contributed by atoms with E-state index in [1.54, 1.807) is 48.5 Å². The fourth-order valence-corrected chi connectivity index (χ4v) is 4.43. The molecule has 7 heteroatoms. The van der Waals surface area contributed by atoms with E-state index in [0.29, 0.717) is 23.0 Å². The Labute approximate surface area is 226 Å². The molecular weight excluding hydrogens is 583 g/mol. The summed E-state index contributed by atoms with van der Waals surface area (Å²) in [5, 5.41) is 2.99. The van der Waals surface area contributed by atoms with Gasteiger partial charge in [0.15, 0.2) is 13.2 Å². The average molecular weight is 604 g/mol. The number of rotatable bonds is 8. The molecule has 0 aliphatic carbocycles. The standard InChI is InChI=1S/C30H21IO6/c31-20-15-16-25-26(17-20)30(35-19-28(33)37-22-11-5-2-6-12-22)24-14-8-7-13-23(24)29(25)34-18-27(32)36-21-9-3-1-4-10-21/h1-17H,18-19H2. The summed E-state index contributed by atoms with van der Waals surface area (Å²) in [5.74, 6) is 0.938. The van der Waals surface area contributed by atoms with Crippen molar-refractivity contribution in [3.05, 3.63) is 107 Å². The molecule has 0 aromatic heterocycles. The van der Waals surface area contributed by atoms with Gasteiger partial charge in [-0.15, -0.1) is 0 Å². The zero-order valence-electron chi connectivity index (χ0n) is 19.6. The van der Waals surface area contributed by atoms with Crippen LogP contribution in [-0.2, 0) is 9.59 Å². The molecular formula is C30H21IO6. The summed E-state index contributed by atoms with van der Waals surface area (Å²) in [6.07, 6.45) is 0. The van der Waals surface area contributed by atoms with Crippen molar-refractivity contribution in [2.75, 3.05) is 13.2 Å². The molecule has 0 unspecified atom stereocenters. The van der Waals surface area contributed by atoms with Gasteiger partial charge in [-0.3, -0.25) is 0 Å². The van der Waals surface area contributed by atoms with E-state index in [4.69, 9.17) is 18.9 Å². The predicted molar refractivity (Wildman–Crippen MR) is 149 cm³/mol. The van der Waals surface area contributed by atoms with Crippen molar-refractivity contribution in [1.82, 2.24) is 0 Å². The molecule has 0 saturated carbocycles. The SMILES string of the molecule is O=C(COc1c2ccccc2c(OCC(=O)Oc2ccccc2)c2cc(I)ccc12)Oc1ccccc1. The van der Waals surface area contributed by atoms with Crippen molar-refractivity contribution in [3.63, 3.8) is 0 Å². The quantitative estimate of drug-likeness (QED) is 0.0865. The maximum atomic E-state index is 12.5. The third-order valence-corrected chi connectivity index (χ3v) is 6.18. The Bertz CT molecular complexity index is 1570. The fourth-order valence-electron chi connectivity index (χ4n) is 3.94. The lowest BCUT2D eigenvalue weighted by Gasteiger charge is -2.17. The third kappa shape index (κ3) is 5.83. The van der Waals surface area contributed by atoms with Crippen molar-refractivity contribution in [3.8, 4) is 23.0 Å². The van der Waals surface area contributed by atoms with Gasteiger partial charge in [0.2, 0.25) is 0 Å². The highest BCUT2D eigenvalue weighted by atomic mass is 127. The predicted octanol–water partition coefficient (Wildman–Crippen LogP) is 6.57. The van der Waals surface area contributed by atoms with Crippen LogP contribution < -0.4 is 18.9 Å². The van der Waals surface area contributed by atoms with Crippen molar-refractivity contribution in [2.24, 2.45) is 0 Å². The third-order valence-electron chi connectivity index (χ3n) is 5.51. The lowest BCUT2D eigenvalue weighted by atomic mass is 10.0. The van der Waals surface area contributed by atoms with Gasteiger partial charge in [0.1, 0.15) is 23.0 Å². The zero-order chi connectivity index (χ0) is 25.6. The van der Waals surface area contributed by atoms with Crippen molar-refractivity contribution >= 4 is 56.1 Å². The molecule has 0 aliphatic rings. The Morgan fingerprint density at radius 3 is 1.49 bits per heavy atom. The summed E-state index contributed by atoms with van der Waals surface area (Å²) in [5.41, 5.74) is 0. The molecule has 0 atom stereocenters. The van der Waals surface area contributed by atoms with Crippen LogP contribution in [0.1, 0.15) is 0 Å². The van der Waals surface area contributed by atoms with Crippen LogP contribution in [0.25, 0.3) is 21.5 Å². The van der Waals surface area contributed by atoms with Gasteiger partial charge in [0.05, 0.1) is 0 Å². The molecule has 0 N–H and O–H groups in total. The normalized spacial score (nSPS) is 10.7. The van der Waals surface area contributed by atoms with E-state index in [9.17, 15) is 9.59 Å². The summed E-state index contributed by atoms with van der Waals surface area (Å²) in [7, 11) is 0. The Kier molecular flexibility index (Phi) is 7.51. The van der Waals surface area contributed by atoms with E-state index in [2.05, 4.69) is 22.6 Å². The number of benzene rings is 5. The van der Waals surface area contributed by atoms with Crippen LogP contribution in [-0.4, -0.2) is 25.2 Å². The van der Waals surface area contributed by atoms with E-state index in [1.807, 2.05) is 54.6 Å². The van der Waals surface area contributed by atoms with Gasteiger partial charge in [-0.05, 0) is 65.1 Å². The number of hydrogen-bond donors (Lipinski definition) is 0. The second-order valence-corrected chi connectivity index (χ2v) is 9.29. The Balaban J connectivity index is 1.45. The van der Waals surface area contributed by atoms with Crippen LogP contribution in [0.4, 0.5) is 0 Å². The minimum atomic E-state index is -0.516. The van der Waals surface area contributed by atoms with Crippen LogP contribution in [0.5, 0.6) is 23.0 Å². The minimum absolute atomic E-state index is 0.274. The fraction of sp³-hybridized carbons (Fsp3) is 0.0667. The Morgan fingerprint density at radius 1 is 0.541 bits per heavy atom. The van der Waals surface area contributed by atoms with Gasteiger partial charge in [0, 0.05) is 25.1 Å². The number of hydrogen-bond acceptors (Lipinski definition) is 6. The van der Waals surface area contributed by atoms with Crippen molar-refractivity contribution < 1.29 is 28.5 Å². The first-order chi connectivity index (χ1) is 18.1. The molecule has 0 saturated heterocycles. The van der Waals surface area contributed by atoms with Gasteiger partial charge in [-0.2, -0.15) is 0 Å². The lowest BCUT2D eigenvalue weighted by molar-refractivity contribution is -0.137. The first-order valence-corrected chi connectivity index (χ1v) is 12.6. The Morgan fingerprint density at radius 2 is 0.973 bits per heavy atom. The second kappa shape index (κ2) is 11.3. The molecule has 6 nitrogen and oxygen atoms in total. The molecule has 0 spiro atoms. The molecule has 0 aliphatic heterocycles. The monoisotopic (exact) mass is 604 g/mol. The number of ether oxygens (including phenoxy) is 4. The molecule has 37 heavy (non-hydrogen) atoms. The molecule has 0 fully saturated rings. The van der Waals surface area contributed by atoms with Crippen LogP contribution in [0, 0.1) is 3.57 Å². The second-order valence-electron chi connectivity index (χ2n) is 8.05. The summed E-state index contributed by atoms with van der Waals surface area (Å²) in [6.45, 7) is -0.549. The highest BCUT2D eigenvalue weighted by Gasteiger charge is 2.19. The molecule has 5 rings (SSSR count). The van der Waals surface area contributed by atoms with E-state index in [0.717, 1.165) is 25.1 Å². The van der Waals surface area contributed by atoms with Crippen LogP contribution in [0.3, 0.4) is 0 Å². The van der Waals surface area contributed by atoms with Gasteiger partial charge in [-0.1, -0.05) is 60.7 Å². The van der Waals surface area contributed by atoms with E-state index in [-0.39, 0.29) is 13.2 Å². The molecule has 5 aromatic carbocycles. The van der Waals surface area contributed by atoms with Gasteiger partial charge in [0.25, 0.3) is 0 Å². The van der Waals surface area contributed by atoms with Crippen molar-refractivity contribution in [1.29, 1.82) is 0 Å². The zero-order valence-corrected chi connectivity index (χ0v) is 21.7. The summed E-state index contributed by atoms with van der Waals surface area (Å²) < 4.78 is 23.8. The summed E-state index contributed by atoms with van der Waals surface area (Å²) in [4.78, 5) is 25.0. The highest BCUT2D eigenvalue weighted by molar-refractivity contribution is 14.1. The van der Waals surface area contributed by atoms with Crippen LogP contribution in [0.2, 0.25) is 0 Å². The lowest BCUT2D eigenvalue weighted by Crippen LogP contribution is -2.18. The number of carbonyl (C=O) groups is 2. The molecule has 0 bridgehead atoms. The first kappa shape index (κ1) is 24.6. The van der Waals surface area contributed by atoms with E-state index in [1.165, 1.54) is 0 Å². The molecule has 184 valence electrons. The maximum Gasteiger partial charge on any atom is 0.349 e. The molecule has 0 heterocycles. The van der Waals surface area contributed by atoms with Gasteiger partial charge in [-0.25, -0.2) is 9.59 Å². The number of fused-ring (bicyclic) bond motifs is 2. The summed E-state index contributed by atoms with van der Waals surface area (Å²) in [6, 6.07) is 31.0. The topological polar surface area (TPSA) is 71.1 Å². The molecule has 5 aromatic rings. The van der Waals surface area contributed by atoms with Crippen LogP contribution >= 0.6 is 22.6 Å². The summed E-state index contributed by atoms with van der Waals surface area (Å²) >= 11 is 2.22.